The first-order valence-electron chi connectivity index (χ1n) is 4.66. The molecule has 0 spiro atoms. The van der Waals surface area contributed by atoms with Gasteiger partial charge in [0.25, 0.3) is 0 Å². The average molecular weight is 177 g/mol. The van der Waals surface area contributed by atoms with E-state index in [1.165, 1.54) is 16.7 Å². The first-order chi connectivity index (χ1) is 6.22. The number of rotatable bonds is 1. The van der Waals surface area contributed by atoms with Crippen LogP contribution in [0.1, 0.15) is 22.6 Å². The minimum atomic E-state index is 0.397. The molecule has 1 heterocycles. The summed E-state index contributed by atoms with van der Waals surface area (Å²) in [6.07, 6.45) is 0. The molecule has 0 saturated heterocycles. The maximum Gasteiger partial charge on any atom is 0.123 e. The lowest BCUT2D eigenvalue weighted by Crippen LogP contribution is -2.13. The largest absolute Gasteiger partial charge is 0.493 e. The normalized spacial score (nSPS) is 19.8. The second kappa shape index (κ2) is 3.04. The highest BCUT2D eigenvalue weighted by atomic mass is 16.5. The summed E-state index contributed by atoms with van der Waals surface area (Å²) in [7, 11) is 0. The van der Waals surface area contributed by atoms with Crippen LogP contribution in [-0.2, 0) is 0 Å². The Morgan fingerprint density at radius 1 is 1.38 bits per heavy atom. The van der Waals surface area contributed by atoms with Crippen LogP contribution in [0.4, 0.5) is 0 Å². The Labute approximate surface area is 78.7 Å². The van der Waals surface area contributed by atoms with Crippen LogP contribution in [0.25, 0.3) is 0 Å². The summed E-state index contributed by atoms with van der Waals surface area (Å²) in [5.41, 5.74) is 9.55. The molecular weight excluding hydrogens is 162 g/mol. The van der Waals surface area contributed by atoms with Crippen molar-refractivity contribution in [2.75, 3.05) is 13.2 Å². The monoisotopic (exact) mass is 177 g/mol. The molecule has 2 N–H and O–H groups in total. The molecule has 0 amide bonds. The third kappa shape index (κ3) is 1.31. The van der Waals surface area contributed by atoms with Gasteiger partial charge in [-0.25, -0.2) is 0 Å². The number of aryl methyl sites for hydroxylation is 2. The molecule has 2 rings (SSSR count). The van der Waals surface area contributed by atoms with Crippen molar-refractivity contribution < 1.29 is 4.74 Å². The third-order valence-corrected chi connectivity index (χ3v) is 2.79. The van der Waals surface area contributed by atoms with Crippen LogP contribution in [0.3, 0.4) is 0 Å². The number of fused-ring (bicyclic) bond motifs is 1. The highest BCUT2D eigenvalue weighted by molar-refractivity contribution is 5.46. The Hall–Kier alpha value is -1.02. The van der Waals surface area contributed by atoms with Gasteiger partial charge in [-0.3, -0.25) is 0 Å². The standard InChI is InChI=1S/C11H15NO/c1-7-3-10-9(5-12)6-13-11(10)4-8(7)2/h3-4,9H,5-6,12H2,1-2H3. The van der Waals surface area contributed by atoms with Gasteiger partial charge in [0.05, 0.1) is 6.61 Å². The van der Waals surface area contributed by atoms with Gasteiger partial charge in [0.1, 0.15) is 5.75 Å². The molecule has 2 heteroatoms. The molecule has 13 heavy (non-hydrogen) atoms. The van der Waals surface area contributed by atoms with Gasteiger partial charge in [-0.15, -0.1) is 0 Å². The maximum atomic E-state index is 5.66. The zero-order valence-electron chi connectivity index (χ0n) is 8.13. The molecular formula is C11H15NO. The second-order valence-corrected chi connectivity index (χ2v) is 3.72. The molecule has 2 nitrogen and oxygen atoms in total. The number of hydrogen-bond donors (Lipinski definition) is 1. The first kappa shape index (κ1) is 8.57. The maximum absolute atomic E-state index is 5.66. The van der Waals surface area contributed by atoms with Gasteiger partial charge < -0.3 is 10.5 Å². The van der Waals surface area contributed by atoms with E-state index in [1.54, 1.807) is 0 Å². The molecule has 1 aliphatic rings. The van der Waals surface area contributed by atoms with Crippen LogP contribution >= 0.6 is 0 Å². The van der Waals surface area contributed by atoms with Crippen molar-refractivity contribution in [1.29, 1.82) is 0 Å². The van der Waals surface area contributed by atoms with E-state index in [9.17, 15) is 0 Å². The molecule has 0 saturated carbocycles. The summed E-state index contributed by atoms with van der Waals surface area (Å²) < 4.78 is 5.56. The van der Waals surface area contributed by atoms with Crippen LogP contribution in [0.5, 0.6) is 5.75 Å². The van der Waals surface area contributed by atoms with E-state index < -0.39 is 0 Å². The highest BCUT2D eigenvalue weighted by Crippen LogP contribution is 2.35. The van der Waals surface area contributed by atoms with Crippen LogP contribution in [-0.4, -0.2) is 13.2 Å². The molecule has 1 unspecified atom stereocenters. The molecule has 1 aliphatic heterocycles. The van der Waals surface area contributed by atoms with Gasteiger partial charge in [0.2, 0.25) is 0 Å². The average Bonchev–Trinajstić information content (AvgIpc) is 2.48. The van der Waals surface area contributed by atoms with E-state index in [0.29, 0.717) is 12.5 Å². The molecule has 1 atom stereocenters. The van der Waals surface area contributed by atoms with E-state index in [4.69, 9.17) is 10.5 Å². The number of benzene rings is 1. The Morgan fingerprint density at radius 2 is 2.08 bits per heavy atom. The number of nitrogens with two attached hydrogens (primary N) is 1. The smallest absolute Gasteiger partial charge is 0.123 e. The van der Waals surface area contributed by atoms with Crippen LogP contribution in [0.15, 0.2) is 12.1 Å². The second-order valence-electron chi connectivity index (χ2n) is 3.72. The molecule has 0 aromatic heterocycles. The van der Waals surface area contributed by atoms with Crippen molar-refractivity contribution in [3.05, 3.63) is 28.8 Å². The van der Waals surface area contributed by atoms with Crippen LogP contribution in [0, 0.1) is 13.8 Å². The van der Waals surface area contributed by atoms with E-state index in [-0.39, 0.29) is 0 Å². The molecule has 1 aromatic carbocycles. The zero-order valence-corrected chi connectivity index (χ0v) is 8.13. The van der Waals surface area contributed by atoms with Gasteiger partial charge in [-0.2, -0.15) is 0 Å². The molecule has 0 radical (unpaired) electrons. The lowest BCUT2D eigenvalue weighted by atomic mass is 9.97. The minimum Gasteiger partial charge on any atom is -0.493 e. The fraction of sp³-hybridized carbons (Fsp3) is 0.455. The van der Waals surface area contributed by atoms with Crippen molar-refractivity contribution in [1.82, 2.24) is 0 Å². The molecule has 70 valence electrons. The summed E-state index contributed by atoms with van der Waals surface area (Å²) in [5.74, 6) is 1.42. The Balaban J connectivity index is 2.47. The summed E-state index contributed by atoms with van der Waals surface area (Å²) in [5, 5.41) is 0. The summed E-state index contributed by atoms with van der Waals surface area (Å²) >= 11 is 0. The van der Waals surface area contributed by atoms with E-state index in [0.717, 1.165) is 12.4 Å². The van der Waals surface area contributed by atoms with Crippen molar-refractivity contribution in [2.24, 2.45) is 5.73 Å². The number of ether oxygens (including phenoxy) is 1. The van der Waals surface area contributed by atoms with E-state index in [1.807, 2.05) is 0 Å². The SMILES string of the molecule is Cc1cc2c(cc1C)C(CN)CO2. The lowest BCUT2D eigenvalue weighted by molar-refractivity contribution is 0.332. The fourth-order valence-electron chi connectivity index (χ4n) is 1.73. The predicted octanol–water partition coefficient (Wildman–Crippen LogP) is 1.74. The minimum absolute atomic E-state index is 0.397. The van der Waals surface area contributed by atoms with Gasteiger partial charge in [0, 0.05) is 18.0 Å². The molecule has 0 fully saturated rings. The summed E-state index contributed by atoms with van der Waals surface area (Å²) in [6, 6.07) is 4.31. The van der Waals surface area contributed by atoms with Crippen LogP contribution < -0.4 is 10.5 Å². The topological polar surface area (TPSA) is 35.2 Å². The Bertz CT molecular complexity index is 333. The summed E-state index contributed by atoms with van der Waals surface area (Å²) in [6.45, 7) is 5.65. The quantitative estimate of drug-likeness (QED) is 0.709. The van der Waals surface area contributed by atoms with E-state index >= 15 is 0 Å². The fourth-order valence-corrected chi connectivity index (χ4v) is 1.73. The van der Waals surface area contributed by atoms with Crippen molar-refractivity contribution in [3.8, 4) is 5.75 Å². The van der Waals surface area contributed by atoms with Crippen molar-refractivity contribution in [3.63, 3.8) is 0 Å². The highest BCUT2D eigenvalue weighted by Gasteiger charge is 2.23. The van der Waals surface area contributed by atoms with Gasteiger partial charge in [-0.1, -0.05) is 6.07 Å². The lowest BCUT2D eigenvalue weighted by Gasteiger charge is -2.06. The van der Waals surface area contributed by atoms with Crippen molar-refractivity contribution >= 4 is 0 Å². The third-order valence-electron chi connectivity index (χ3n) is 2.79. The number of hydrogen-bond acceptors (Lipinski definition) is 2. The van der Waals surface area contributed by atoms with Crippen molar-refractivity contribution in [2.45, 2.75) is 19.8 Å². The predicted molar refractivity (Wildman–Crippen MR) is 53.2 cm³/mol. The molecule has 0 bridgehead atoms. The first-order valence-corrected chi connectivity index (χ1v) is 4.66. The van der Waals surface area contributed by atoms with Gasteiger partial charge in [0.15, 0.2) is 0 Å². The molecule has 0 aliphatic carbocycles. The Morgan fingerprint density at radius 3 is 2.77 bits per heavy atom. The van der Waals surface area contributed by atoms with Crippen LogP contribution in [0.2, 0.25) is 0 Å². The van der Waals surface area contributed by atoms with Gasteiger partial charge >= 0.3 is 0 Å². The zero-order chi connectivity index (χ0) is 9.42. The Kier molecular flexibility index (Phi) is 2.00. The van der Waals surface area contributed by atoms with Gasteiger partial charge in [-0.05, 0) is 31.0 Å². The molecule has 1 aromatic rings. The summed E-state index contributed by atoms with van der Waals surface area (Å²) in [4.78, 5) is 0. The van der Waals surface area contributed by atoms with E-state index in [2.05, 4.69) is 26.0 Å².